The third-order valence-corrected chi connectivity index (χ3v) is 1.75. The number of unbranched alkanes of at least 4 members (excludes halogenated alkanes) is 2. The van der Waals surface area contributed by atoms with E-state index in [1.54, 1.807) is 6.07 Å². The van der Waals surface area contributed by atoms with Gasteiger partial charge < -0.3 is 5.11 Å². The molecule has 0 bridgehead atoms. The van der Waals surface area contributed by atoms with Crippen molar-refractivity contribution in [3.05, 3.63) is 18.1 Å². The van der Waals surface area contributed by atoms with Crippen LogP contribution in [0.25, 0.3) is 0 Å². The Kier molecular flexibility index (Phi) is 3.51. The maximum absolute atomic E-state index is 9.02. The van der Waals surface area contributed by atoms with Crippen molar-refractivity contribution in [2.24, 2.45) is 0 Å². The van der Waals surface area contributed by atoms with Crippen LogP contribution in [0.4, 0.5) is 0 Å². The van der Waals surface area contributed by atoms with E-state index in [1.807, 2.05) is 0 Å². The molecular weight excluding hydrogens is 152 g/mol. The van der Waals surface area contributed by atoms with E-state index >= 15 is 0 Å². The maximum atomic E-state index is 9.02. The molecule has 0 saturated carbocycles. The summed E-state index contributed by atoms with van der Waals surface area (Å²) in [7, 11) is 0. The van der Waals surface area contributed by atoms with Crippen LogP contribution in [0.1, 0.15) is 31.9 Å². The second-order valence-corrected chi connectivity index (χ2v) is 2.82. The van der Waals surface area contributed by atoms with E-state index in [0.29, 0.717) is 0 Å². The summed E-state index contributed by atoms with van der Waals surface area (Å²) in [5.74, 6) is 0.0662. The van der Waals surface area contributed by atoms with Crippen molar-refractivity contribution in [1.82, 2.24) is 9.97 Å². The summed E-state index contributed by atoms with van der Waals surface area (Å²) in [6, 6.07) is 1.62. The molecule has 66 valence electrons. The molecule has 1 aromatic heterocycles. The van der Waals surface area contributed by atoms with Crippen LogP contribution in [0, 0.1) is 0 Å². The summed E-state index contributed by atoms with van der Waals surface area (Å²) < 4.78 is 0. The van der Waals surface area contributed by atoms with Gasteiger partial charge in [-0.2, -0.15) is 0 Å². The van der Waals surface area contributed by atoms with Crippen molar-refractivity contribution in [3.63, 3.8) is 0 Å². The molecule has 0 aliphatic carbocycles. The van der Waals surface area contributed by atoms with Crippen LogP contribution in [0.2, 0.25) is 0 Å². The molecule has 0 atom stereocenters. The van der Waals surface area contributed by atoms with E-state index in [4.69, 9.17) is 5.11 Å². The number of aromatic hydroxyl groups is 1. The van der Waals surface area contributed by atoms with E-state index in [1.165, 1.54) is 19.2 Å². The highest BCUT2D eigenvalue weighted by molar-refractivity contribution is 5.11. The summed E-state index contributed by atoms with van der Waals surface area (Å²) >= 11 is 0. The predicted molar refractivity (Wildman–Crippen MR) is 46.9 cm³/mol. The minimum absolute atomic E-state index is 0.0662. The third-order valence-electron chi connectivity index (χ3n) is 1.75. The Hall–Kier alpha value is -1.12. The first-order valence-electron chi connectivity index (χ1n) is 4.33. The van der Waals surface area contributed by atoms with Gasteiger partial charge in [-0.3, -0.25) is 0 Å². The van der Waals surface area contributed by atoms with E-state index in [2.05, 4.69) is 16.9 Å². The quantitative estimate of drug-likeness (QED) is 0.695. The molecule has 1 heterocycles. The zero-order valence-electron chi connectivity index (χ0n) is 7.32. The molecule has 0 amide bonds. The lowest BCUT2D eigenvalue weighted by molar-refractivity contribution is 0.450. The lowest BCUT2D eigenvalue weighted by atomic mass is 10.1. The van der Waals surface area contributed by atoms with Crippen LogP contribution in [-0.4, -0.2) is 15.1 Å². The number of aromatic nitrogens is 2. The van der Waals surface area contributed by atoms with Gasteiger partial charge in [0.15, 0.2) is 0 Å². The number of hydrogen-bond acceptors (Lipinski definition) is 3. The van der Waals surface area contributed by atoms with E-state index < -0.39 is 0 Å². The minimum atomic E-state index is 0.0662. The molecule has 0 saturated heterocycles. The van der Waals surface area contributed by atoms with Crippen molar-refractivity contribution in [1.29, 1.82) is 0 Å². The molecule has 12 heavy (non-hydrogen) atoms. The fraction of sp³-hybridized carbons (Fsp3) is 0.556. The van der Waals surface area contributed by atoms with Crippen LogP contribution in [-0.2, 0) is 6.42 Å². The van der Waals surface area contributed by atoms with E-state index in [-0.39, 0.29) is 5.88 Å². The van der Waals surface area contributed by atoms with Crippen LogP contribution >= 0.6 is 0 Å². The number of hydrogen-bond donors (Lipinski definition) is 1. The standard InChI is InChI=1S/C9H14N2O/c1-2-3-4-5-8-6-9(12)11-7-10-8/h6-7H,2-5H2,1H3,(H,10,11,12). The summed E-state index contributed by atoms with van der Waals surface area (Å²) in [6.07, 6.45) is 5.88. The molecule has 0 aromatic carbocycles. The van der Waals surface area contributed by atoms with Crippen molar-refractivity contribution in [2.45, 2.75) is 32.6 Å². The lowest BCUT2D eigenvalue weighted by Gasteiger charge is -1.98. The highest BCUT2D eigenvalue weighted by Gasteiger charge is 1.95. The molecule has 1 rings (SSSR count). The molecule has 0 aliphatic heterocycles. The molecule has 0 spiro atoms. The SMILES string of the molecule is CCCCCc1cc(O)ncn1. The molecule has 1 N–H and O–H groups in total. The van der Waals surface area contributed by atoms with Gasteiger partial charge in [-0.05, 0) is 12.8 Å². The van der Waals surface area contributed by atoms with Gasteiger partial charge in [-0.25, -0.2) is 9.97 Å². The molecule has 0 unspecified atom stereocenters. The summed E-state index contributed by atoms with van der Waals surface area (Å²) in [5.41, 5.74) is 0.927. The van der Waals surface area contributed by atoms with Gasteiger partial charge in [0.05, 0.1) is 0 Å². The zero-order valence-corrected chi connectivity index (χ0v) is 7.32. The summed E-state index contributed by atoms with van der Waals surface area (Å²) in [5, 5.41) is 9.02. The van der Waals surface area contributed by atoms with Gasteiger partial charge in [-0.1, -0.05) is 19.8 Å². The molecule has 3 nitrogen and oxygen atoms in total. The second-order valence-electron chi connectivity index (χ2n) is 2.82. The molecule has 3 heteroatoms. The zero-order chi connectivity index (χ0) is 8.81. The Morgan fingerprint density at radius 3 is 2.83 bits per heavy atom. The Morgan fingerprint density at radius 1 is 1.33 bits per heavy atom. The molecule has 1 aromatic rings. The fourth-order valence-corrected chi connectivity index (χ4v) is 1.08. The predicted octanol–water partition coefficient (Wildman–Crippen LogP) is 1.91. The maximum Gasteiger partial charge on any atom is 0.214 e. The van der Waals surface area contributed by atoms with Crippen molar-refractivity contribution in [2.75, 3.05) is 0 Å². The van der Waals surface area contributed by atoms with Gasteiger partial charge in [0.25, 0.3) is 0 Å². The van der Waals surface area contributed by atoms with Crippen molar-refractivity contribution in [3.8, 4) is 5.88 Å². The largest absolute Gasteiger partial charge is 0.493 e. The number of aryl methyl sites for hydroxylation is 1. The van der Waals surface area contributed by atoms with Gasteiger partial charge in [0.1, 0.15) is 6.33 Å². The average molecular weight is 166 g/mol. The second kappa shape index (κ2) is 4.70. The smallest absolute Gasteiger partial charge is 0.214 e. The Balaban J connectivity index is 2.41. The summed E-state index contributed by atoms with van der Waals surface area (Å²) in [4.78, 5) is 7.65. The van der Waals surface area contributed by atoms with Gasteiger partial charge in [0.2, 0.25) is 5.88 Å². The van der Waals surface area contributed by atoms with Crippen molar-refractivity contribution >= 4 is 0 Å². The lowest BCUT2D eigenvalue weighted by Crippen LogP contribution is -1.90. The number of rotatable bonds is 4. The normalized spacial score (nSPS) is 10.1. The van der Waals surface area contributed by atoms with Gasteiger partial charge >= 0.3 is 0 Å². The highest BCUT2D eigenvalue weighted by atomic mass is 16.3. The summed E-state index contributed by atoms with van der Waals surface area (Å²) in [6.45, 7) is 2.16. The molecule has 0 fully saturated rings. The first-order chi connectivity index (χ1) is 5.83. The molecule has 0 radical (unpaired) electrons. The van der Waals surface area contributed by atoms with E-state index in [0.717, 1.165) is 18.5 Å². The van der Waals surface area contributed by atoms with Gasteiger partial charge in [0, 0.05) is 11.8 Å². The fourth-order valence-electron chi connectivity index (χ4n) is 1.08. The molecule has 0 aliphatic rings. The van der Waals surface area contributed by atoms with Crippen LogP contribution in [0.3, 0.4) is 0 Å². The Morgan fingerprint density at radius 2 is 2.17 bits per heavy atom. The first kappa shape index (κ1) is 8.97. The first-order valence-corrected chi connectivity index (χ1v) is 4.33. The Bertz CT molecular complexity index is 238. The van der Waals surface area contributed by atoms with E-state index in [9.17, 15) is 0 Å². The Labute approximate surface area is 72.5 Å². The van der Waals surface area contributed by atoms with Crippen LogP contribution in [0.5, 0.6) is 5.88 Å². The monoisotopic (exact) mass is 166 g/mol. The number of nitrogens with zero attached hydrogens (tertiary/aromatic N) is 2. The molecular formula is C9H14N2O. The van der Waals surface area contributed by atoms with Crippen molar-refractivity contribution < 1.29 is 5.11 Å². The van der Waals surface area contributed by atoms with Crippen LogP contribution in [0.15, 0.2) is 12.4 Å². The average Bonchev–Trinajstić information content (AvgIpc) is 2.05. The minimum Gasteiger partial charge on any atom is -0.493 e. The van der Waals surface area contributed by atoms with Gasteiger partial charge in [-0.15, -0.1) is 0 Å². The third kappa shape index (κ3) is 2.86. The highest BCUT2D eigenvalue weighted by Crippen LogP contribution is 2.07. The topological polar surface area (TPSA) is 46.0 Å². The van der Waals surface area contributed by atoms with Crippen LogP contribution < -0.4 is 0 Å².